The summed E-state index contributed by atoms with van der Waals surface area (Å²) >= 11 is 0. The summed E-state index contributed by atoms with van der Waals surface area (Å²) in [6.45, 7) is 2.34. The largest absolute Gasteiger partial charge is 0.365 e. The first-order chi connectivity index (χ1) is 17.5. The van der Waals surface area contributed by atoms with Crippen molar-refractivity contribution in [3.63, 3.8) is 0 Å². The highest BCUT2D eigenvalue weighted by molar-refractivity contribution is 6.01. The predicted octanol–water partition coefficient (Wildman–Crippen LogP) is 6.01. The molecule has 4 aromatic rings. The summed E-state index contributed by atoms with van der Waals surface area (Å²) in [5, 5.41) is 21.4. The van der Waals surface area contributed by atoms with Crippen molar-refractivity contribution >= 4 is 11.6 Å². The number of nitriles is 2. The summed E-state index contributed by atoms with van der Waals surface area (Å²) in [6.07, 6.45) is 3.30. The van der Waals surface area contributed by atoms with Crippen LogP contribution < -0.4 is 5.32 Å². The Balaban J connectivity index is 1.47. The van der Waals surface area contributed by atoms with E-state index in [4.69, 9.17) is 5.26 Å². The minimum absolute atomic E-state index is 0.124. The van der Waals surface area contributed by atoms with E-state index in [-0.39, 0.29) is 23.9 Å². The quantitative estimate of drug-likeness (QED) is 0.313. The lowest BCUT2D eigenvalue weighted by Crippen LogP contribution is -2.11. The number of ketones is 1. The number of carbonyl (C=O) groups excluding carboxylic acids is 1. The lowest BCUT2D eigenvalue weighted by atomic mass is 9.93. The van der Waals surface area contributed by atoms with Crippen LogP contribution in [0.5, 0.6) is 0 Å². The maximum Gasteiger partial charge on any atom is 0.167 e. The van der Waals surface area contributed by atoms with Crippen molar-refractivity contribution in [2.45, 2.75) is 25.8 Å². The molecule has 0 spiro atoms. The van der Waals surface area contributed by atoms with Crippen molar-refractivity contribution in [1.82, 2.24) is 9.97 Å². The zero-order valence-electron chi connectivity index (χ0n) is 19.6. The van der Waals surface area contributed by atoms with Crippen molar-refractivity contribution < 1.29 is 9.18 Å². The highest BCUT2D eigenvalue weighted by Gasteiger charge is 2.18. The second-order valence-corrected chi connectivity index (χ2v) is 8.41. The summed E-state index contributed by atoms with van der Waals surface area (Å²) in [4.78, 5) is 21.6. The summed E-state index contributed by atoms with van der Waals surface area (Å²) in [5.74, 6) is -0.189. The number of carbonyl (C=O) groups is 1. The number of nitrogens with one attached hydrogen (secondary N) is 1. The Morgan fingerprint density at radius 3 is 2.31 bits per heavy atom. The summed E-state index contributed by atoms with van der Waals surface area (Å²) in [5.41, 5.74) is 4.74. The molecule has 0 radical (unpaired) electrons. The summed E-state index contributed by atoms with van der Waals surface area (Å²) < 4.78 is 13.2. The van der Waals surface area contributed by atoms with Crippen LogP contribution in [0.25, 0.3) is 11.1 Å². The molecular formula is C29H22FN5O. The number of benzene rings is 2. The van der Waals surface area contributed by atoms with Crippen molar-refractivity contribution in [2.24, 2.45) is 0 Å². The molecule has 36 heavy (non-hydrogen) atoms. The monoisotopic (exact) mass is 475 g/mol. The normalized spacial score (nSPS) is 11.2. The van der Waals surface area contributed by atoms with E-state index in [0.717, 1.165) is 22.3 Å². The van der Waals surface area contributed by atoms with Crippen LogP contribution in [0, 0.1) is 28.5 Å². The fourth-order valence-corrected chi connectivity index (χ4v) is 3.81. The average Bonchev–Trinajstić information content (AvgIpc) is 2.92. The third-order valence-electron chi connectivity index (χ3n) is 5.87. The molecule has 2 aromatic carbocycles. The number of hydrogen-bond donors (Lipinski definition) is 1. The van der Waals surface area contributed by atoms with Gasteiger partial charge in [0.25, 0.3) is 0 Å². The zero-order valence-corrected chi connectivity index (χ0v) is 19.6. The van der Waals surface area contributed by atoms with Gasteiger partial charge in [0, 0.05) is 30.9 Å². The molecule has 1 atom stereocenters. The molecule has 0 amide bonds. The number of rotatable bonds is 8. The molecule has 2 aromatic heterocycles. The van der Waals surface area contributed by atoms with Crippen LogP contribution in [0.3, 0.4) is 0 Å². The predicted molar refractivity (Wildman–Crippen MR) is 134 cm³/mol. The van der Waals surface area contributed by atoms with Crippen LogP contribution in [0.1, 0.15) is 52.0 Å². The van der Waals surface area contributed by atoms with E-state index in [0.29, 0.717) is 29.2 Å². The molecule has 7 heteroatoms. The van der Waals surface area contributed by atoms with Crippen LogP contribution in [0.15, 0.2) is 79.1 Å². The van der Waals surface area contributed by atoms with E-state index >= 15 is 0 Å². The highest BCUT2D eigenvalue weighted by Crippen LogP contribution is 2.25. The van der Waals surface area contributed by atoms with E-state index in [1.807, 2.05) is 49.4 Å². The third kappa shape index (κ3) is 5.78. The number of anilines is 1. The summed E-state index contributed by atoms with van der Waals surface area (Å²) in [7, 11) is 0. The molecule has 2 heterocycles. The van der Waals surface area contributed by atoms with Crippen molar-refractivity contribution in [3.05, 3.63) is 113 Å². The Morgan fingerprint density at radius 1 is 0.944 bits per heavy atom. The molecule has 0 saturated carbocycles. The molecule has 0 fully saturated rings. The van der Waals surface area contributed by atoms with Gasteiger partial charge in [0.05, 0.1) is 11.1 Å². The van der Waals surface area contributed by atoms with E-state index in [1.165, 1.54) is 18.3 Å². The van der Waals surface area contributed by atoms with Gasteiger partial charge in [-0.2, -0.15) is 10.5 Å². The van der Waals surface area contributed by atoms with E-state index in [2.05, 4.69) is 15.3 Å². The topological polar surface area (TPSA) is 102 Å². The molecule has 4 rings (SSSR count). The molecule has 0 saturated heterocycles. The Kier molecular flexibility index (Phi) is 7.43. The van der Waals surface area contributed by atoms with Gasteiger partial charge in [-0.1, -0.05) is 43.3 Å². The van der Waals surface area contributed by atoms with Gasteiger partial charge in [-0.3, -0.25) is 4.79 Å². The van der Waals surface area contributed by atoms with Gasteiger partial charge < -0.3 is 5.32 Å². The highest BCUT2D eigenvalue weighted by atomic mass is 19.1. The Morgan fingerprint density at radius 2 is 1.67 bits per heavy atom. The number of aromatic nitrogens is 2. The molecular weight excluding hydrogens is 453 g/mol. The van der Waals surface area contributed by atoms with Gasteiger partial charge in [-0.25, -0.2) is 14.4 Å². The summed E-state index contributed by atoms with van der Waals surface area (Å²) in [6, 6.07) is 23.1. The number of Topliss-reactive ketones (excluding diaryl/α,β-unsaturated/α-hetero) is 1. The second-order valence-electron chi connectivity index (χ2n) is 8.41. The Hall–Kier alpha value is -4.88. The minimum Gasteiger partial charge on any atom is -0.365 e. The van der Waals surface area contributed by atoms with Crippen LogP contribution in [0.4, 0.5) is 10.2 Å². The molecule has 0 unspecified atom stereocenters. The van der Waals surface area contributed by atoms with Crippen LogP contribution in [-0.2, 0) is 6.54 Å². The first kappa shape index (κ1) is 24.3. The Bertz CT molecular complexity index is 1450. The van der Waals surface area contributed by atoms with Gasteiger partial charge in [0.15, 0.2) is 5.78 Å². The van der Waals surface area contributed by atoms with E-state index < -0.39 is 0 Å². The van der Waals surface area contributed by atoms with Gasteiger partial charge in [0.1, 0.15) is 29.5 Å². The number of pyridine rings is 2. The maximum atomic E-state index is 13.2. The van der Waals surface area contributed by atoms with Crippen molar-refractivity contribution in [1.29, 1.82) is 10.5 Å². The van der Waals surface area contributed by atoms with Crippen molar-refractivity contribution in [2.75, 3.05) is 5.32 Å². The average molecular weight is 476 g/mol. The molecule has 0 aliphatic rings. The second kappa shape index (κ2) is 11.0. The smallest absolute Gasteiger partial charge is 0.167 e. The van der Waals surface area contributed by atoms with Crippen LogP contribution in [-0.4, -0.2) is 15.8 Å². The maximum absolute atomic E-state index is 13.2. The Labute approximate surface area is 208 Å². The van der Waals surface area contributed by atoms with Gasteiger partial charge in [0.2, 0.25) is 0 Å². The molecule has 0 bridgehead atoms. The van der Waals surface area contributed by atoms with E-state index in [9.17, 15) is 14.4 Å². The lowest BCUT2D eigenvalue weighted by Gasteiger charge is -2.14. The standard InChI is InChI=1S/C29H22FN5O/c1-19(22-6-9-25(30)10-7-22)12-28(36)27-13-21(14-31)17-35-29(27)34-16-20-2-4-23(5-3-20)24-8-11-26(15-32)33-18-24/h2-11,13,17-19H,12,16H2,1H3,(H,34,35)/t19-/m1/s1. The third-order valence-corrected chi connectivity index (χ3v) is 5.87. The fraction of sp³-hybridized carbons (Fsp3) is 0.138. The number of halogens is 1. The van der Waals surface area contributed by atoms with Gasteiger partial charge in [-0.05, 0) is 52.9 Å². The van der Waals surface area contributed by atoms with Gasteiger partial charge >= 0.3 is 0 Å². The molecule has 6 nitrogen and oxygen atoms in total. The minimum atomic E-state index is -0.323. The lowest BCUT2D eigenvalue weighted by molar-refractivity contribution is 0.0976. The number of hydrogen-bond acceptors (Lipinski definition) is 6. The SMILES string of the molecule is C[C@H](CC(=O)c1cc(C#N)cnc1NCc1ccc(-c2ccc(C#N)nc2)cc1)c1ccc(F)cc1. The van der Waals surface area contributed by atoms with Crippen molar-refractivity contribution in [3.8, 4) is 23.3 Å². The van der Waals surface area contributed by atoms with Gasteiger partial charge in [-0.15, -0.1) is 0 Å². The van der Waals surface area contributed by atoms with E-state index in [1.54, 1.807) is 30.5 Å². The molecule has 0 aliphatic carbocycles. The zero-order chi connectivity index (χ0) is 25.5. The molecule has 176 valence electrons. The first-order valence-electron chi connectivity index (χ1n) is 11.3. The first-order valence-corrected chi connectivity index (χ1v) is 11.3. The fourth-order valence-electron chi connectivity index (χ4n) is 3.81. The molecule has 1 N–H and O–H groups in total. The van der Waals surface area contributed by atoms with Crippen LogP contribution in [0.2, 0.25) is 0 Å². The number of nitrogens with zero attached hydrogens (tertiary/aromatic N) is 4. The van der Waals surface area contributed by atoms with Crippen LogP contribution >= 0.6 is 0 Å². The molecule has 0 aliphatic heterocycles.